The zero-order chi connectivity index (χ0) is 9.10. The number of likely N-dealkylation sites (tertiary alicyclic amines) is 1. The molecule has 0 bridgehead atoms. The van der Waals surface area contributed by atoms with Crippen LogP contribution in [0.1, 0.15) is 19.3 Å². The van der Waals surface area contributed by atoms with E-state index < -0.39 is 0 Å². The molecule has 0 aliphatic carbocycles. The monoisotopic (exact) mass is 185 g/mol. The van der Waals surface area contributed by atoms with Crippen molar-refractivity contribution in [2.24, 2.45) is 5.92 Å². The quantitative estimate of drug-likeness (QED) is 0.679. The minimum atomic E-state index is 0.351. The summed E-state index contributed by atoms with van der Waals surface area (Å²) in [7, 11) is 0. The summed E-state index contributed by atoms with van der Waals surface area (Å²) in [6.45, 7) is 4.42. The van der Waals surface area contributed by atoms with Crippen LogP contribution in [0.3, 0.4) is 0 Å². The lowest BCUT2D eigenvalue weighted by atomic mass is 10.1. The van der Waals surface area contributed by atoms with E-state index in [9.17, 15) is 0 Å². The summed E-state index contributed by atoms with van der Waals surface area (Å²) in [5.74, 6) is 0.516. The topological polar surface area (TPSA) is 32.7 Å². The third-order valence-corrected chi connectivity index (χ3v) is 3.23. The first-order valence-corrected chi connectivity index (χ1v) is 5.33. The molecule has 0 amide bonds. The summed E-state index contributed by atoms with van der Waals surface area (Å²) < 4.78 is 5.46. The number of aliphatic hydroxyl groups excluding tert-OH is 1. The summed E-state index contributed by atoms with van der Waals surface area (Å²) in [6.07, 6.45) is 3.64. The third kappa shape index (κ3) is 2.22. The maximum atomic E-state index is 9.02. The number of aliphatic hydroxyl groups is 1. The number of hydrogen-bond acceptors (Lipinski definition) is 3. The zero-order valence-corrected chi connectivity index (χ0v) is 8.11. The molecule has 2 rings (SSSR count). The molecule has 0 aromatic rings. The molecule has 0 spiro atoms. The molecule has 0 aromatic heterocycles. The zero-order valence-electron chi connectivity index (χ0n) is 8.11. The van der Waals surface area contributed by atoms with E-state index in [1.54, 1.807) is 0 Å². The van der Waals surface area contributed by atoms with Crippen LogP contribution in [0.2, 0.25) is 0 Å². The maximum Gasteiger partial charge on any atom is 0.0621 e. The molecular formula is C10H19NO2. The predicted octanol–water partition coefficient (Wildman–Crippen LogP) is 0.480. The van der Waals surface area contributed by atoms with E-state index in [1.807, 2.05) is 0 Å². The van der Waals surface area contributed by atoms with Crippen LogP contribution in [0.5, 0.6) is 0 Å². The third-order valence-electron chi connectivity index (χ3n) is 3.23. The standard InChI is InChI=1S/C10H19NO2/c12-7-9-3-4-11(6-9)10-2-1-5-13-8-10/h9-10,12H,1-8H2. The molecule has 0 aromatic carbocycles. The molecule has 2 fully saturated rings. The highest BCUT2D eigenvalue weighted by Gasteiger charge is 2.28. The molecule has 2 saturated heterocycles. The Morgan fingerprint density at radius 2 is 2.31 bits per heavy atom. The highest BCUT2D eigenvalue weighted by molar-refractivity contribution is 4.82. The Morgan fingerprint density at radius 3 is 2.92 bits per heavy atom. The molecule has 2 aliphatic heterocycles. The lowest BCUT2D eigenvalue weighted by Crippen LogP contribution is -2.39. The van der Waals surface area contributed by atoms with Crippen molar-refractivity contribution in [1.82, 2.24) is 4.90 Å². The van der Waals surface area contributed by atoms with Gasteiger partial charge in [-0.25, -0.2) is 0 Å². The van der Waals surface area contributed by atoms with Crippen LogP contribution >= 0.6 is 0 Å². The second-order valence-corrected chi connectivity index (χ2v) is 4.20. The van der Waals surface area contributed by atoms with Gasteiger partial charge in [-0.3, -0.25) is 4.90 Å². The smallest absolute Gasteiger partial charge is 0.0621 e. The SMILES string of the molecule is OCC1CCN(C2CCCOC2)C1. The van der Waals surface area contributed by atoms with Crippen molar-refractivity contribution in [1.29, 1.82) is 0 Å². The second-order valence-electron chi connectivity index (χ2n) is 4.20. The van der Waals surface area contributed by atoms with E-state index in [0.29, 0.717) is 18.6 Å². The fraction of sp³-hybridized carbons (Fsp3) is 1.00. The molecule has 13 heavy (non-hydrogen) atoms. The molecule has 0 radical (unpaired) electrons. The summed E-state index contributed by atoms with van der Waals surface area (Å²) in [4.78, 5) is 2.49. The van der Waals surface area contributed by atoms with Gasteiger partial charge in [-0.15, -0.1) is 0 Å². The van der Waals surface area contributed by atoms with Gasteiger partial charge in [0.15, 0.2) is 0 Å². The Bertz CT molecular complexity index is 157. The Balaban J connectivity index is 1.80. The molecule has 3 nitrogen and oxygen atoms in total. The fourth-order valence-corrected chi connectivity index (χ4v) is 2.35. The highest BCUT2D eigenvalue weighted by atomic mass is 16.5. The van der Waals surface area contributed by atoms with Crippen molar-refractivity contribution >= 4 is 0 Å². The summed E-state index contributed by atoms with van der Waals surface area (Å²) in [6, 6.07) is 0.630. The van der Waals surface area contributed by atoms with E-state index in [1.165, 1.54) is 12.8 Å². The van der Waals surface area contributed by atoms with E-state index >= 15 is 0 Å². The van der Waals surface area contributed by atoms with Crippen LogP contribution in [-0.4, -0.2) is 49.0 Å². The first-order valence-electron chi connectivity index (χ1n) is 5.33. The Morgan fingerprint density at radius 1 is 1.38 bits per heavy atom. The molecule has 76 valence electrons. The summed E-state index contributed by atoms with van der Waals surface area (Å²) in [5.41, 5.74) is 0. The molecule has 2 atom stereocenters. The van der Waals surface area contributed by atoms with Crippen LogP contribution in [0.25, 0.3) is 0 Å². The largest absolute Gasteiger partial charge is 0.396 e. The van der Waals surface area contributed by atoms with Gasteiger partial charge in [-0.1, -0.05) is 0 Å². The Kier molecular flexibility index (Phi) is 3.19. The molecule has 2 unspecified atom stereocenters. The summed E-state index contributed by atoms with van der Waals surface area (Å²) in [5, 5.41) is 9.02. The van der Waals surface area contributed by atoms with Gasteiger partial charge in [0.1, 0.15) is 0 Å². The van der Waals surface area contributed by atoms with E-state index in [0.717, 1.165) is 32.7 Å². The molecule has 3 heteroatoms. The van der Waals surface area contributed by atoms with Crippen molar-refractivity contribution in [3.8, 4) is 0 Å². The van der Waals surface area contributed by atoms with E-state index in [2.05, 4.69) is 4.90 Å². The van der Waals surface area contributed by atoms with Crippen LogP contribution in [0, 0.1) is 5.92 Å². The predicted molar refractivity (Wildman–Crippen MR) is 50.6 cm³/mol. The number of ether oxygens (including phenoxy) is 1. The molecule has 0 saturated carbocycles. The molecule has 1 N–H and O–H groups in total. The van der Waals surface area contributed by atoms with Crippen LogP contribution in [-0.2, 0) is 4.74 Å². The van der Waals surface area contributed by atoms with E-state index in [4.69, 9.17) is 9.84 Å². The normalized spacial score (nSPS) is 36.7. The van der Waals surface area contributed by atoms with Gasteiger partial charge in [0.25, 0.3) is 0 Å². The van der Waals surface area contributed by atoms with Crippen molar-refractivity contribution in [3.63, 3.8) is 0 Å². The van der Waals surface area contributed by atoms with Crippen LogP contribution in [0.4, 0.5) is 0 Å². The van der Waals surface area contributed by atoms with Crippen molar-refractivity contribution in [3.05, 3.63) is 0 Å². The minimum Gasteiger partial charge on any atom is -0.396 e. The fourth-order valence-electron chi connectivity index (χ4n) is 2.35. The van der Waals surface area contributed by atoms with Crippen molar-refractivity contribution in [2.45, 2.75) is 25.3 Å². The molecule has 2 aliphatic rings. The first-order chi connectivity index (χ1) is 6.40. The lowest BCUT2D eigenvalue weighted by molar-refractivity contribution is 0.0245. The minimum absolute atomic E-state index is 0.351. The average Bonchev–Trinajstić information content (AvgIpc) is 2.67. The van der Waals surface area contributed by atoms with Crippen LogP contribution in [0.15, 0.2) is 0 Å². The highest BCUT2D eigenvalue weighted by Crippen LogP contribution is 2.22. The van der Waals surface area contributed by atoms with Gasteiger partial charge in [0.2, 0.25) is 0 Å². The van der Waals surface area contributed by atoms with Gasteiger partial charge < -0.3 is 9.84 Å². The first kappa shape index (κ1) is 9.44. The van der Waals surface area contributed by atoms with Gasteiger partial charge in [0.05, 0.1) is 6.61 Å². The molecular weight excluding hydrogens is 166 g/mol. The lowest BCUT2D eigenvalue weighted by Gasteiger charge is -2.30. The number of rotatable bonds is 2. The second kappa shape index (κ2) is 4.40. The van der Waals surface area contributed by atoms with Gasteiger partial charge in [-0.05, 0) is 31.7 Å². The average molecular weight is 185 g/mol. The van der Waals surface area contributed by atoms with Crippen molar-refractivity contribution in [2.75, 3.05) is 32.9 Å². The van der Waals surface area contributed by atoms with Gasteiger partial charge in [0, 0.05) is 25.8 Å². The Labute approximate surface area is 79.7 Å². The van der Waals surface area contributed by atoms with Gasteiger partial charge >= 0.3 is 0 Å². The summed E-state index contributed by atoms with van der Waals surface area (Å²) >= 11 is 0. The van der Waals surface area contributed by atoms with Gasteiger partial charge in [-0.2, -0.15) is 0 Å². The number of nitrogens with zero attached hydrogens (tertiary/aromatic N) is 1. The molecule has 2 heterocycles. The Hall–Kier alpha value is -0.120. The van der Waals surface area contributed by atoms with Crippen molar-refractivity contribution < 1.29 is 9.84 Å². The van der Waals surface area contributed by atoms with E-state index in [-0.39, 0.29) is 0 Å². The maximum absolute atomic E-state index is 9.02. The number of hydrogen-bond donors (Lipinski definition) is 1. The van der Waals surface area contributed by atoms with Crippen LogP contribution < -0.4 is 0 Å².